The van der Waals surface area contributed by atoms with E-state index in [1.807, 2.05) is 20.8 Å². The molecule has 9 N–H and O–H groups in total. The van der Waals surface area contributed by atoms with Crippen LogP contribution in [-0.4, -0.2) is 71.2 Å². The van der Waals surface area contributed by atoms with Crippen LogP contribution in [0, 0.1) is 11.8 Å². The molecule has 0 radical (unpaired) electrons. The molecule has 5 atom stereocenters. The van der Waals surface area contributed by atoms with Crippen molar-refractivity contribution in [1.82, 2.24) is 16.0 Å². The molecule has 3 amide bonds. The Balaban J connectivity index is 5.22. The molecule has 0 fully saturated rings. The molecule has 0 heterocycles. The quantitative estimate of drug-likeness (QED) is 0.144. The van der Waals surface area contributed by atoms with E-state index in [0.29, 0.717) is 32.2 Å². The molecule has 0 saturated heterocycles. The standard InChI is InChI=1S/C21H41N5O6/c1-5-13(4)17(20(30)24-15(21(31)32)10-12(2)3)26-19(29)16(11-27)25-18(28)14(23)8-6-7-9-22/h12-17,27H,5-11,22-23H2,1-4H3,(H,24,30)(H,25,28)(H,26,29)(H,31,32). The zero-order valence-electron chi connectivity index (χ0n) is 19.6. The summed E-state index contributed by atoms with van der Waals surface area (Å²) >= 11 is 0. The van der Waals surface area contributed by atoms with Crippen molar-refractivity contribution in [2.24, 2.45) is 23.3 Å². The molecule has 0 spiro atoms. The van der Waals surface area contributed by atoms with Crippen LogP contribution in [0.1, 0.15) is 59.8 Å². The van der Waals surface area contributed by atoms with Crippen LogP contribution in [0.15, 0.2) is 0 Å². The number of aliphatic carboxylic acids is 1. The molecule has 11 heteroatoms. The number of carbonyl (C=O) groups is 4. The lowest BCUT2D eigenvalue weighted by atomic mass is 9.96. The number of rotatable bonds is 16. The van der Waals surface area contributed by atoms with Gasteiger partial charge in [0.1, 0.15) is 18.1 Å². The van der Waals surface area contributed by atoms with Gasteiger partial charge in [-0.05, 0) is 37.6 Å². The first kappa shape index (κ1) is 29.8. The lowest BCUT2D eigenvalue weighted by Gasteiger charge is -2.28. The van der Waals surface area contributed by atoms with Gasteiger partial charge in [0.25, 0.3) is 0 Å². The van der Waals surface area contributed by atoms with Crippen LogP contribution in [0.4, 0.5) is 0 Å². The minimum atomic E-state index is -1.30. The average molecular weight is 460 g/mol. The van der Waals surface area contributed by atoms with Crippen molar-refractivity contribution in [1.29, 1.82) is 0 Å². The van der Waals surface area contributed by atoms with E-state index in [1.54, 1.807) is 6.92 Å². The van der Waals surface area contributed by atoms with E-state index in [4.69, 9.17) is 11.5 Å². The van der Waals surface area contributed by atoms with Crippen molar-refractivity contribution in [2.75, 3.05) is 13.2 Å². The topological polar surface area (TPSA) is 197 Å². The van der Waals surface area contributed by atoms with E-state index in [1.165, 1.54) is 0 Å². The molecular weight excluding hydrogens is 418 g/mol. The second-order valence-electron chi connectivity index (χ2n) is 8.54. The number of carboxylic acids is 1. The summed E-state index contributed by atoms with van der Waals surface area (Å²) in [6, 6.07) is -4.28. The molecule has 11 nitrogen and oxygen atoms in total. The zero-order valence-corrected chi connectivity index (χ0v) is 19.6. The van der Waals surface area contributed by atoms with Crippen LogP contribution in [0.2, 0.25) is 0 Å². The van der Waals surface area contributed by atoms with Crippen LogP contribution in [0.25, 0.3) is 0 Å². The maximum absolute atomic E-state index is 12.8. The second-order valence-corrected chi connectivity index (χ2v) is 8.54. The molecule has 0 aliphatic rings. The molecule has 32 heavy (non-hydrogen) atoms. The van der Waals surface area contributed by atoms with Gasteiger partial charge in [-0.15, -0.1) is 0 Å². The Labute approximate surface area is 190 Å². The highest BCUT2D eigenvalue weighted by Gasteiger charge is 2.32. The third kappa shape index (κ3) is 10.9. The fourth-order valence-electron chi connectivity index (χ4n) is 3.02. The molecule has 0 aliphatic carbocycles. The summed E-state index contributed by atoms with van der Waals surface area (Å²) in [5.74, 6) is -3.43. The minimum absolute atomic E-state index is 0.0380. The van der Waals surface area contributed by atoms with Gasteiger partial charge in [0, 0.05) is 0 Å². The summed E-state index contributed by atoms with van der Waals surface area (Å²) in [6.45, 7) is 7.03. The van der Waals surface area contributed by atoms with E-state index in [2.05, 4.69) is 16.0 Å². The molecule has 0 aromatic rings. The Kier molecular flexibility index (Phi) is 14.5. The molecule has 0 bridgehead atoms. The van der Waals surface area contributed by atoms with Gasteiger partial charge in [-0.2, -0.15) is 0 Å². The van der Waals surface area contributed by atoms with Crippen molar-refractivity contribution in [3.05, 3.63) is 0 Å². The van der Waals surface area contributed by atoms with E-state index in [0.717, 1.165) is 0 Å². The van der Waals surface area contributed by atoms with Gasteiger partial charge < -0.3 is 37.6 Å². The number of carboxylic acid groups (broad SMARTS) is 1. The lowest BCUT2D eigenvalue weighted by Crippen LogP contribution is -2.59. The lowest BCUT2D eigenvalue weighted by molar-refractivity contribution is -0.143. The summed E-state index contributed by atoms with van der Waals surface area (Å²) in [7, 11) is 0. The summed E-state index contributed by atoms with van der Waals surface area (Å²) in [5.41, 5.74) is 11.2. The highest BCUT2D eigenvalue weighted by molar-refractivity contribution is 5.94. The van der Waals surface area contributed by atoms with Gasteiger partial charge >= 0.3 is 5.97 Å². The van der Waals surface area contributed by atoms with Crippen molar-refractivity contribution in [3.63, 3.8) is 0 Å². The van der Waals surface area contributed by atoms with E-state index >= 15 is 0 Å². The average Bonchev–Trinajstić information content (AvgIpc) is 2.73. The highest BCUT2D eigenvalue weighted by atomic mass is 16.4. The van der Waals surface area contributed by atoms with E-state index in [9.17, 15) is 29.4 Å². The number of amides is 3. The predicted molar refractivity (Wildman–Crippen MR) is 120 cm³/mol. The summed E-state index contributed by atoms with van der Waals surface area (Å²) in [6.07, 6.45) is 2.51. The molecule has 186 valence electrons. The summed E-state index contributed by atoms with van der Waals surface area (Å²) < 4.78 is 0. The van der Waals surface area contributed by atoms with Gasteiger partial charge in [-0.25, -0.2) is 4.79 Å². The van der Waals surface area contributed by atoms with Crippen molar-refractivity contribution in [2.45, 2.75) is 84.0 Å². The van der Waals surface area contributed by atoms with Gasteiger partial charge in [-0.1, -0.05) is 40.5 Å². The number of aliphatic hydroxyl groups is 1. The first-order valence-electron chi connectivity index (χ1n) is 11.2. The van der Waals surface area contributed by atoms with Crippen molar-refractivity contribution >= 4 is 23.7 Å². The van der Waals surface area contributed by atoms with Crippen LogP contribution >= 0.6 is 0 Å². The van der Waals surface area contributed by atoms with Gasteiger partial charge in [0.2, 0.25) is 17.7 Å². The fraction of sp³-hybridized carbons (Fsp3) is 0.810. The van der Waals surface area contributed by atoms with Gasteiger partial charge in [0.15, 0.2) is 0 Å². The summed E-state index contributed by atoms with van der Waals surface area (Å²) in [5, 5.41) is 26.4. The molecule has 0 aliphatic heterocycles. The third-order valence-electron chi connectivity index (χ3n) is 5.24. The van der Waals surface area contributed by atoms with Crippen LogP contribution in [-0.2, 0) is 19.2 Å². The molecule has 0 aromatic heterocycles. The maximum atomic E-state index is 12.8. The monoisotopic (exact) mass is 459 g/mol. The number of carbonyl (C=O) groups excluding carboxylic acids is 3. The Hall–Kier alpha value is -2.24. The van der Waals surface area contributed by atoms with Gasteiger partial charge in [0.05, 0.1) is 12.6 Å². The largest absolute Gasteiger partial charge is 0.480 e. The van der Waals surface area contributed by atoms with Gasteiger partial charge in [-0.3, -0.25) is 14.4 Å². The zero-order chi connectivity index (χ0) is 24.8. The molecule has 0 rings (SSSR count). The molecule has 0 saturated carbocycles. The Morgan fingerprint density at radius 2 is 1.50 bits per heavy atom. The van der Waals surface area contributed by atoms with Crippen LogP contribution < -0.4 is 27.4 Å². The third-order valence-corrected chi connectivity index (χ3v) is 5.24. The van der Waals surface area contributed by atoms with E-state index < -0.39 is 54.5 Å². The first-order valence-corrected chi connectivity index (χ1v) is 11.2. The highest BCUT2D eigenvalue weighted by Crippen LogP contribution is 2.11. The van der Waals surface area contributed by atoms with Crippen LogP contribution in [0.5, 0.6) is 0 Å². The summed E-state index contributed by atoms with van der Waals surface area (Å²) in [4.78, 5) is 49.2. The van der Waals surface area contributed by atoms with Crippen molar-refractivity contribution in [3.8, 4) is 0 Å². The van der Waals surface area contributed by atoms with Crippen molar-refractivity contribution < 1.29 is 29.4 Å². The van der Waals surface area contributed by atoms with Crippen LogP contribution in [0.3, 0.4) is 0 Å². The maximum Gasteiger partial charge on any atom is 0.326 e. The predicted octanol–water partition coefficient (Wildman–Crippen LogP) is -0.934. The number of aliphatic hydroxyl groups excluding tert-OH is 1. The minimum Gasteiger partial charge on any atom is -0.480 e. The fourth-order valence-corrected chi connectivity index (χ4v) is 3.02. The number of hydrogen-bond acceptors (Lipinski definition) is 7. The second kappa shape index (κ2) is 15.5. The number of nitrogens with one attached hydrogen (secondary N) is 3. The Morgan fingerprint density at radius 3 is 1.97 bits per heavy atom. The SMILES string of the molecule is CCC(C)C(NC(=O)C(CO)NC(=O)C(N)CCCCN)C(=O)NC(CC(C)C)C(=O)O. The first-order chi connectivity index (χ1) is 15.0. The normalized spacial score (nSPS) is 15.9. The number of hydrogen-bond donors (Lipinski definition) is 7. The smallest absolute Gasteiger partial charge is 0.326 e. The molecule has 0 aromatic carbocycles. The Morgan fingerprint density at radius 1 is 0.906 bits per heavy atom. The number of unbranched alkanes of at least 4 members (excludes halogenated alkanes) is 1. The number of nitrogens with two attached hydrogens (primary N) is 2. The van der Waals surface area contributed by atoms with E-state index in [-0.39, 0.29) is 18.3 Å². The molecule has 5 unspecified atom stereocenters. The molecular formula is C21H41N5O6. The Bertz CT molecular complexity index is 615.